The van der Waals surface area contributed by atoms with Crippen LogP contribution in [0.2, 0.25) is 0 Å². The summed E-state index contributed by atoms with van der Waals surface area (Å²) < 4.78 is 7.03. The van der Waals surface area contributed by atoms with E-state index in [2.05, 4.69) is 51.4 Å². The molecule has 5 aromatic rings. The van der Waals surface area contributed by atoms with Gasteiger partial charge in [0.25, 0.3) is 0 Å². The molecule has 0 aliphatic heterocycles. The summed E-state index contributed by atoms with van der Waals surface area (Å²) in [5.74, 6) is 2.95. The highest BCUT2D eigenvalue weighted by molar-refractivity contribution is 7.13. The molecule has 3 heteroatoms. The molecular formula is C25H22N2S. The van der Waals surface area contributed by atoms with E-state index < -0.39 is 0 Å². The summed E-state index contributed by atoms with van der Waals surface area (Å²) in [5, 5.41) is 5.65. The predicted molar refractivity (Wildman–Crippen MR) is 117 cm³/mol. The highest BCUT2D eigenvalue weighted by atomic mass is 32.1. The van der Waals surface area contributed by atoms with Crippen molar-refractivity contribution in [2.45, 2.75) is 43.9 Å². The second-order valence-corrected chi connectivity index (χ2v) is 10.8. The van der Waals surface area contributed by atoms with Crippen LogP contribution < -0.4 is 0 Å². The largest absolute Gasteiger partial charge is 0.298 e. The molecule has 4 fully saturated rings. The van der Waals surface area contributed by atoms with Gasteiger partial charge in [-0.2, -0.15) is 4.37 Å². The Morgan fingerprint density at radius 1 is 0.857 bits per heavy atom. The Kier molecular flexibility index (Phi) is 2.49. The Morgan fingerprint density at radius 2 is 1.54 bits per heavy atom. The zero-order valence-electron chi connectivity index (χ0n) is 15.8. The van der Waals surface area contributed by atoms with E-state index in [4.69, 9.17) is 0 Å². The molecule has 4 aliphatic rings. The lowest BCUT2D eigenvalue weighted by atomic mass is 9.48. The zero-order chi connectivity index (χ0) is 18.0. The van der Waals surface area contributed by atoms with Crippen LogP contribution in [-0.2, 0) is 5.41 Å². The van der Waals surface area contributed by atoms with Crippen molar-refractivity contribution in [3.63, 3.8) is 0 Å². The maximum absolute atomic E-state index is 4.56. The monoisotopic (exact) mass is 382 g/mol. The van der Waals surface area contributed by atoms with Gasteiger partial charge in [-0.3, -0.25) is 4.40 Å². The van der Waals surface area contributed by atoms with E-state index in [1.807, 2.05) is 0 Å². The van der Waals surface area contributed by atoms with Crippen LogP contribution in [-0.4, -0.2) is 8.77 Å². The normalized spacial score (nSPS) is 31.9. The van der Waals surface area contributed by atoms with E-state index in [0.717, 1.165) is 17.8 Å². The number of hydrogen-bond acceptors (Lipinski definition) is 2. The molecule has 4 aliphatic carbocycles. The van der Waals surface area contributed by atoms with Gasteiger partial charge in [0.05, 0.1) is 17.2 Å². The number of hydrogen-bond donors (Lipinski definition) is 0. The third-order valence-electron chi connectivity index (χ3n) is 8.46. The molecule has 0 saturated heterocycles. The maximum atomic E-state index is 4.56. The van der Waals surface area contributed by atoms with E-state index in [1.54, 1.807) is 17.1 Å². The highest BCUT2D eigenvalue weighted by Gasteiger charge is 2.51. The van der Waals surface area contributed by atoms with Gasteiger partial charge in [-0.25, -0.2) is 0 Å². The predicted octanol–water partition coefficient (Wildman–Crippen LogP) is 6.76. The van der Waals surface area contributed by atoms with Crippen molar-refractivity contribution in [2.24, 2.45) is 17.8 Å². The van der Waals surface area contributed by atoms with Gasteiger partial charge in [-0.05, 0) is 97.0 Å². The first-order valence-corrected chi connectivity index (χ1v) is 11.6. The standard InChI is InChI=1S/C25H22N2S/c1-2-4-22-18(3-1)19-8-17(9-20-21-13-26-28-24(21)27(22)23(19)20)25-10-14-5-15(11-25)7-16(6-14)12-25/h1-4,8-9,13-16H,5-7,10-12H2. The fourth-order valence-electron chi connectivity index (χ4n) is 7.86. The van der Waals surface area contributed by atoms with Gasteiger partial charge in [-0.1, -0.05) is 18.2 Å². The van der Waals surface area contributed by atoms with Gasteiger partial charge in [0, 0.05) is 21.5 Å². The molecule has 0 unspecified atom stereocenters. The summed E-state index contributed by atoms with van der Waals surface area (Å²) in [5.41, 5.74) is 4.83. The van der Waals surface area contributed by atoms with Crippen molar-refractivity contribution in [1.82, 2.24) is 8.77 Å². The van der Waals surface area contributed by atoms with Gasteiger partial charge in [0.15, 0.2) is 0 Å². The molecule has 138 valence electrons. The molecule has 3 aromatic heterocycles. The molecule has 0 N–H and O–H groups in total. The van der Waals surface area contributed by atoms with Gasteiger partial charge in [-0.15, -0.1) is 0 Å². The van der Waals surface area contributed by atoms with Crippen LogP contribution in [0.1, 0.15) is 44.1 Å². The van der Waals surface area contributed by atoms with Crippen LogP contribution in [0.5, 0.6) is 0 Å². The first-order chi connectivity index (χ1) is 13.8. The van der Waals surface area contributed by atoms with Crippen molar-refractivity contribution in [2.75, 3.05) is 0 Å². The smallest absolute Gasteiger partial charge is 0.129 e. The quantitative estimate of drug-likeness (QED) is 0.313. The Balaban J connectivity index is 1.51. The fraction of sp³-hybridized carbons (Fsp3) is 0.400. The van der Waals surface area contributed by atoms with E-state index in [0.29, 0.717) is 5.41 Å². The van der Waals surface area contributed by atoms with E-state index in [-0.39, 0.29) is 0 Å². The summed E-state index contributed by atoms with van der Waals surface area (Å²) in [6.45, 7) is 0. The summed E-state index contributed by atoms with van der Waals surface area (Å²) in [6, 6.07) is 14.1. The van der Waals surface area contributed by atoms with E-state index in [9.17, 15) is 0 Å². The molecule has 2 aromatic carbocycles. The average Bonchev–Trinajstić information content (AvgIpc) is 3.36. The Bertz CT molecular complexity index is 1370. The Labute approximate surface area is 167 Å². The lowest BCUT2D eigenvalue weighted by Gasteiger charge is -2.57. The van der Waals surface area contributed by atoms with Gasteiger partial charge >= 0.3 is 0 Å². The average molecular weight is 383 g/mol. The van der Waals surface area contributed by atoms with Crippen LogP contribution in [0.15, 0.2) is 42.6 Å². The number of para-hydroxylation sites is 1. The number of rotatable bonds is 1. The zero-order valence-corrected chi connectivity index (χ0v) is 16.6. The SMILES string of the molecule is c1ccc2c(c1)c1cc(C34CC5CC(CC(C5)C3)C4)cc3c4cnsc4n2c13. The second-order valence-electron chi connectivity index (χ2n) is 10.0. The van der Waals surface area contributed by atoms with Crippen LogP contribution in [0.3, 0.4) is 0 Å². The lowest BCUT2D eigenvalue weighted by Crippen LogP contribution is -2.48. The first-order valence-electron chi connectivity index (χ1n) is 10.8. The summed E-state index contributed by atoms with van der Waals surface area (Å²) >= 11 is 1.64. The molecule has 4 bridgehead atoms. The molecule has 3 heterocycles. The molecule has 9 rings (SSSR count). The summed E-state index contributed by atoms with van der Waals surface area (Å²) in [4.78, 5) is 1.31. The second kappa shape index (κ2) is 4.71. The minimum absolute atomic E-state index is 0.439. The molecule has 2 nitrogen and oxygen atoms in total. The number of fused-ring (bicyclic) bond motifs is 6. The van der Waals surface area contributed by atoms with Crippen LogP contribution in [0.4, 0.5) is 0 Å². The molecule has 0 radical (unpaired) electrons. The van der Waals surface area contributed by atoms with Crippen molar-refractivity contribution in [1.29, 1.82) is 0 Å². The van der Waals surface area contributed by atoms with Crippen molar-refractivity contribution >= 4 is 48.9 Å². The van der Waals surface area contributed by atoms with E-state index in [1.165, 1.54) is 75.9 Å². The third-order valence-corrected chi connectivity index (χ3v) is 9.25. The molecule has 0 amide bonds. The van der Waals surface area contributed by atoms with Crippen molar-refractivity contribution in [3.05, 3.63) is 48.2 Å². The van der Waals surface area contributed by atoms with Crippen LogP contribution >= 0.6 is 11.5 Å². The van der Waals surface area contributed by atoms with E-state index >= 15 is 0 Å². The third kappa shape index (κ3) is 1.62. The van der Waals surface area contributed by atoms with Gasteiger partial charge in [0.1, 0.15) is 4.83 Å². The summed E-state index contributed by atoms with van der Waals surface area (Å²) in [7, 11) is 0. The highest BCUT2D eigenvalue weighted by Crippen LogP contribution is 2.61. The number of aromatic nitrogens is 2. The van der Waals surface area contributed by atoms with Crippen LogP contribution in [0, 0.1) is 17.8 Å². The molecule has 0 spiro atoms. The van der Waals surface area contributed by atoms with Crippen molar-refractivity contribution in [3.8, 4) is 0 Å². The maximum Gasteiger partial charge on any atom is 0.129 e. The number of nitrogens with zero attached hydrogens (tertiary/aromatic N) is 2. The minimum Gasteiger partial charge on any atom is -0.298 e. The Morgan fingerprint density at radius 3 is 2.29 bits per heavy atom. The first kappa shape index (κ1) is 14.8. The van der Waals surface area contributed by atoms with Gasteiger partial charge < -0.3 is 0 Å². The molecule has 0 atom stereocenters. The summed E-state index contributed by atoms with van der Waals surface area (Å²) in [6.07, 6.45) is 10.9. The number of benzene rings is 2. The fourth-order valence-corrected chi connectivity index (χ4v) is 8.65. The Hall–Kier alpha value is -2.13. The minimum atomic E-state index is 0.439. The van der Waals surface area contributed by atoms with Gasteiger partial charge in [0.2, 0.25) is 0 Å². The van der Waals surface area contributed by atoms with Crippen molar-refractivity contribution < 1.29 is 0 Å². The topological polar surface area (TPSA) is 17.3 Å². The lowest BCUT2D eigenvalue weighted by molar-refractivity contribution is -0.00508. The van der Waals surface area contributed by atoms with Crippen LogP contribution in [0.25, 0.3) is 37.4 Å². The molecule has 28 heavy (non-hydrogen) atoms. The molecule has 4 saturated carbocycles. The molecular weight excluding hydrogens is 360 g/mol.